The van der Waals surface area contributed by atoms with Crippen molar-refractivity contribution in [3.8, 4) is 0 Å². The number of fused-ring (bicyclic) bond motifs is 5. The number of hydrogen-bond acceptors (Lipinski definition) is 6. The molecule has 34 heavy (non-hydrogen) atoms. The molecule has 1 heterocycles. The van der Waals surface area contributed by atoms with Crippen molar-refractivity contribution in [1.82, 2.24) is 0 Å². The monoisotopic (exact) mass is 468 g/mol. The quantitative estimate of drug-likeness (QED) is 0.564. The van der Waals surface area contributed by atoms with E-state index in [4.69, 9.17) is 9.47 Å². The Labute approximate surface area is 201 Å². The average molecular weight is 469 g/mol. The summed E-state index contributed by atoms with van der Waals surface area (Å²) in [5, 5.41) is 0. The van der Waals surface area contributed by atoms with Crippen LogP contribution in [-0.4, -0.2) is 36.2 Å². The molecule has 0 aromatic heterocycles. The molecule has 184 valence electrons. The zero-order chi connectivity index (χ0) is 24.8. The van der Waals surface area contributed by atoms with Crippen LogP contribution in [0.1, 0.15) is 67.2 Å². The molecule has 1 aliphatic heterocycles. The fourth-order valence-electron chi connectivity index (χ4n) is 9.00. The van der Waals surface area contributed by atoms with E-state index in [0.717, 1.165) is 18.4 Å². The highest BCUT2D eigenvalue weighted by Gasteiger charge is 2.69. The van der Waals surface area contributed by atoms with Crippen LogP contribution in [-0.2, 0) is 28.7 Å². The first-order chi connectivity index (χ1) is 15.8. The van der Waals surface area contributed by atoms with Crippen LogP contribution in [0.2, 0.25) is 0 Å². The Morgan fingerprint density at radius 3 is 2.41 bits per heavy atom. The molecule has 6 nitrogen and oxygen atoms in total. The van der Waals surface area contributed by atoms with Crippen LogP contribution in [0.3, 0.4) is 0 Å². The van der Waals surface area contributed by atoms with E-state index < -0.39 is 22.3 Å². The highest BCUT2D eigenvalue weighted by atomic mass is 16.5. The van der Waals surface area contributed by atoms with Crippen LogP contribution >= 0.6 is 0 Å². The number of carbonyl (C=O) groups is 4. The standard InChI is InChI=1S/C28H36O6/c1-15(29)34-22-13-19-25(2,3)21(31)8-10-26(19,4)18-7-9-27(5)20(28(18,22)6)12-17(30)24(27)16-11-23(32)33-14-16/h8,10,12,16,18-19,22,24H,7,9,11,13-14H2,1-6H3/t16?,18-,19+,22-,24-,26-,27-,28-/m1/s1. The van der Waals surface area contributed by atoms with Crippen molar-refractivity contribution in [2.24, 2.45) is 45.3 Å². The molecule has 6 heteroatoms. The Kier molecular flexibility index (Phi) is 4.94. The van der Waals surface area contributed by atoms with Crippen LogP contribution in [0, 0.1) is 45.3 Å². The lowest BCUT2D eigenvalue weighted by atomic mass is 9.38. The Bertz CT molecular complexity index is 1050. The second-order valence-corrected chi connectivity index (χ2v) is 12.5. The smallest absolute Gasteiger partial charge is 0.306 e. The van der Waals surface area contributed by atoms with E-state index in [0.29, 0.717) is 6.42 Å². The Balaban J connectivity index is 1.64. The van der Waals surface area contributed by atoms with Gasteiger partial charge in [-0.2, -0.15) is 0 Å². The predicted molar refractivity (Wildman–Crippen MR) is 124 cm³/mol. The first-order valence-electron chi connectivity index (χ1n) is 12.6. The Morgan fingerprint density at radius 1 is 1.09 bits per heavy atom. The molecular weight excluding hydrogens is 432 g/mol. The van der Waals surface area contributed by atoms with E-state index >= 15 is 0 Å². The lowest BCUT2D eigenvalue weighted by molar-refractivity contribution is -0.188. The van der Waals surface area contributed by atoms with Crippen molar-refractivity contribution >= 4 is 23.5 Å². The topological polar surface area (TPSA) is 86.7 Å². The molecule has 3 fully saturated rings. The van der Waals surface area contributed by atoms with Gasteiger partial charge in [0, 0.05) is 29.6 Å². The number of hydrogen-bond donors (Lipinski definition) is 0. The maximum atomic E-state index is 13.5. The summed E-state index contributed by atoms with van der Waals surface area (Å²) in [4.78, 5) is 50.6. The third-order valence-electron chi connectivity index (χ3n) is 10.5. The number of rotatable bonds is 2. The molecule has 0 amide bonds. The second-order valence-electron chi connectivity index (χ2n) is 12.5. The van der Waals surface area contributed by atoms with Gasteiger partial charge in [-0.3, -0.25) is 19.2 Å². The predicted octanol–water partition coefficient (Wildman–Crippen LogP) is 4.22. The largest absolute Gasteiger partial charge is 0.465 e. The summed E-state index contributed by atoms with van der Waals surface area (Å²) in [5.41, 5.74) is -0.725. The molecule has 8 atom stereocenters. The Morgan fingerprint density at radius 2 is 1.79 bits per heavy atom. The highest BCUT2D eigenvalue weighted by molar-refractivity contribution is 5.98. The molecular formula is C28H36O6. The Hall–Kier alpha value is -2.24. The molecule has 0 aromatic carbocycles. The van der Waals surface area contributed by atoms with Gasteiger partial charge < -0.3 is 9.47 Å². The van der Waals surface area contributed by atoms with Gasteiger partial charge in [-0.25, -0.2) is 0 Å². The van der Waals surface area contributed by atoms with Crippen molar-refractivity contribution < 1.29 is 28.7 Å². The first-order valence-corrected chi connectivity index (χ1v) is 12.6. The van der Waals surface area contributed by atoms with E-state index in [1.807, 2.05) is 19.9 Å². The maximum Gasteiger partial charge on any atom is 0.306 e. The third kappa shape index (κ3) is 2.86. The lowest BCUT2D eigenvalue weighted by Crippen LogP contribution is -2.64. The second kappa shape index (κ2) is 7.14. The number of ketones is 2. The van der Waals surface area contributed by atoms with Gasteiger partial charge in [-0.1, -0.05) is 46.3 Å². The van der Waals surface area contributed by atoms with Crippen molar-refractivity contribution in [3.63, 3.8) is 0 Å². The van der Waals surface area contributed by atoms with Crippen molar-refractivity contribution in [1.29, 1.82) is 0 Å². The van der Waals surface area contributed by atoms with Crippen molar-refractivity contribution in [3.05, 3.63) is 23.8 Å². The zero-order valence-corrected chi connectivity index (χ0v) is 21.1. The van der Waals surface area contributed by atoms with Gasteiger partial charge in [0.15, 0.2) is 11.6 Å². The fraction of sp³-hybridized carbons (Fsp3) is 0.714. The third-order valence-corrected chi connectivity index (χ3v) is 10.5. The van der Waals surface area contributed by atoms with Gasteiger partial charge in [0.05, 0.1) is 13.0 Å². The van der Waals surface area contributed by atoms with Gasteiger partial charge in [0.2, 0.25) is 0 Å². The summed E-state index contributed by atoms with van der Waals surface area (Å²) < 4.78 is 11.3. The van der Waals surface area contributed by atoms with E-state index in [-0.39, 0.29) is 65.6 Å². The van der Waals surface area contributed by atoms with Gasteiger partial charge in [0.1, 0.15) is 6.10 Å². The number of carbonyl (C=O) groups excluding carboxylic acids is 4. The van der Waals surface area contributed by atoms with Crippen molar-refractivity contribution in [2.45, 2.75) is 73.3 Å². The fourth-order valence-corrected chi connectivity index (χ4v) is 9.00. The molecule has 1 unspecified atom stereocenters. The summed E-state index contributed by atoms with van der Waals surface area (Å²) in [6, 6.07) is 0. The lowest BCUT2D eigenvalue weighted by Gasteiger charge is -2.66. The van der Waals surface area contributed by atoms with Gasteiger partial charge in [-0.05, 0) is 54.1 Å². The van der Waals surface area contributed by atoms with Crippen LogP contribution in [0.4, 0.5) is 0 Å². The molecule has 4 aliphatic carbocycles. The minimum Gasteiger partial charge on any atom is -0.465 e. The summed E-state index contributed by atoms with van der Waals surface area (Å²) in [7, 11) is 0. The molecule has 0 aromatic rings. The minimum atomic E-state index is -0.562. The summed E-state index contributed by atoms with van der Waals surface area (Å²) >= 11 is 0. The van der Waals surface area contributed by atoms with E-state index in [9.17, 15) is 19.2 Å². The molecule has 0 spiro atoms. The molecule has 0 bridgehead atoms. The first kappa shape index (κ1) is 23.5. The highest BCUT2D eigenvalue weighted by Crippen LogP contribution is 2.72. The van der Waals surface area contributed by atoms with E-state index in [2.05, 4.69) is 26.8 Å². The average Bonchev–Trinajstić information content (AvgIpc) is 3.27. The minimum absolute atomic E-state index is 0.0265. The molecule has 2 saturated carbocycles. The SMILES string of the molecule is CC(=O)O[C@@H]1C[C@H]2C(C)(C)C(=O)C=C[C@]2(C)[C@H]2CC[C@]3(C)C(=CC(=O)[C@H]3C3COC(=O)C3)[C@@]21C. The van der Waals surface area contributed by atoms with Crippen LogP contribution in [0.5, 0.6) is 0 Å². The van der Waals surface area contributed by atoms with Gasteiger partial charge in [0.25, 0.3) is 0 Å². The molecule has 5 aliphatic rings. The number of allylic oxidation sites excluding steroid dienone is 3. The van der Waals surface area contributed by atoms with Gasteiger partial charge in [-0.15, -0.1) is 0 Å². The van der Waals surface area contributed by atoms with Crippen LogP contribution in [0.25, 0.3) is 0 Å². The maximum absolute atomic E-state index is 13.5. The summed E-state index contributed by atoms with van der Waals surface area (Å²) in [6.07, 6.45) is 7.75. The van der Waals surface area contributed by atoms with Crippen molar-refractivity contribution in [2.75, 3.05) is 6.61 Å². The molecule has 0 radical (unpaired) electrons. The molecule has 5 rings (SSSR count). The summed E-state index contributed by atoms with van der Waals surface area (Å²) in [5.74, 6) is -0.683. The number of ether oxygens (including phenoxy) is 2. The molecule has 1 saturated heterocycles. The molecule has 0 N–H and O–H groups in total. The number of cyclic esters (lactones) is 1. The normalized spacial score (nSPS) is 46.8. The van der Waals surface area contributed by atoms with Crippen LogP contribution in [0.15, 0.2) is 23.8 Å². The van der Waals surface area contributed by atoms with E-state index in [1.165, 1.54) is 6.92 Å². The zero-order valence-electron chi connectivity index (χ0n) is 21.1. The van der Waals surface area contributed by atoms with Gasteiger partial charge >= 0.3 is 11.9 Å². The van der Waals surface area contributed by atoms with E-state index in [1.54, 1.807) is 6.08 Å². The number of esters is 2. The summed E-state index contributed by atoms with van der Waals surface area (Å²) in [6.45, 7) is 12.3. The van der Waals surface area contributed by atoms with Crippen LogP contribution < -0.4 is 0 Å².